The first-order valence-electron chi connectivity index (χ1n) is 14.5. The Morgan fingerprint density at radius 1 is 1.11 bits per heavy atom. The summed E-state index contributed by atoms with van der Waals surface area (Å²) < 4.78 is 23.3. The van der Waals surface area contributed by atoms with Crippen LogP contribution in [0.4, 0.5) is 0 Å². The van der Waals surface area contributed by atoms with Gasteiger partial charge in [0.2, 0.25) is 0 Å². The molecule has 0 radical (unpaired) electrons. The van der Waals surface area contributed by atoms with Crippen LogP contribution in [0.15, 0.2) is 24.3 Å². The maximum atomic E-state index is 13.6. The fraction of sp³-hybridized carbons (Fsp3) is 0.516. The number of phenols is 2. The number of carbonyl (C=O) groups is 3. The number of methoxy groups -OCH3 is 1. The van der Waals surface area contributed by atoms with Crippen molar-refractivity contribution in [1.29, 1.82) is 0 Å². The number of benzene rings is 2. The molecule has 2 heterocycles. The van der Waals surface area contributed by atoms with E-state index in [4.69, 9.17) is 18.9 Å². The van der Waals surface area contributed by atoms with Gasteiger partial charge in [-0.15, -0.1) is 0 Å². The third kappa shape index (κ3) is 5.09. The summed E-state index contributed by atoms with van der Waals surface area (Å²) in [7, 11) is 1.54. The molecule has 2 aliphatic carbocycles. The van der Waals surface area contributed by atoms with Gasteiger partial charge in [0.1, 0.15) is 17.1 Å². The van der Waals surface area contributed by atoms with Gasteiger partial charge in [-0.25, -0.2) is 0 Å². The first-order chi connectivity index (χ1) is 21.0. The van der Waals surface area contributed by atoms with Gasteiger partial charge in [0.05, 0.1) is 41.4 Å². The Kier molecular flexibility index (Phi) is 8.43. The third-order valence-electron chi connectivity index (χ3n) is 9.20. The zero-order valence-corrected chi connectivity index (χ0v) is 25.8. The van der Waals surface area contributed by atoms with Gasteiger partial charge in [0, 0.05) is 67.8 Å². The van der Waals surface area contributed by atoms with Crippen LogP contribution in [0.25, 0.3) is 0 Å². The number of aromatic hydroxyl groups is 2. The molecule has 0 spiro atoms. The lowest BCUT2D eigenvalue weighted by Crippen LogP contribution is -2.59. The van der Waals surface area contributed by atoms with Crippen LogP contribution in [0.2, 0.25) is 0 Å². The first-order valence-corrected chi connectivity index (χ1v) is 15.6. The molecular weight excluding hydrogens is 642 g/mol. The van der Waals surface area contributed by atoms with Crippen molar-refractivity contribution in [1.82, 2.24) is 4.90 Å². The summed E-state index contributed by atoms with van der Waals surface area (Å²) in [5.41, 5.74) is -2.69. The highest BCUT2D eigenvalue weighted by Crippen LogP contribution is 2.52. The maximum Gasteiger partial charge on any atom is 0.198 e. The summed E-state index contributed by atoms with van der Waals surface area (Å²) >= 11 is 3.11. The highest BCUT2D eigenvalue weighted by Gasteiger charge is 2.50. The van der Waals surface area contributed by atoms with E-state index in [1.807, 2.05) is 4.90 Å². The van der Waals surface area contributed by atoms with Gasteiger partial charge in [-0.1, -0.05) is 40.2 Å². The van der Waals surface area contributed by atoms with Gasteiger partial charge in [0.15, 0.2) is 29.9 Å². The van der Waals surface area contributed by atoms with Crippen LogP contribution in [-0.2, 0) is 30.2 Å². The van der Waals surface area contributed by atoms with E-state index in [1.165, 1.54) is 19.2 Å². The fourth-order valence-corrected chi connectivity index (χ4v) is 7.40. The lowest BCUT2D eigenvalue weighted by atomic mass is 9.72. The Morgan fingerprint density at radius 2 is 1.77 bits per heavy atom. The van der Waals surface area contributed by atoms with Crippen molar-refractivity contribution < 1.29 is 53.8 Å². The number of carbonyl (C=O) groups excluding carboxylic acids is 3. The number of morpholine rings is 1. The summed E-state index contributed by atoms with van der Waals surface area (Å²) in [6.45, 7) is 3.03. The number of ketones is 3. The molecule has 2 aromatic carbocycles. The van der Waals surface area contributed by atoms with E-state index in [-0.39, 0.29) is 51.6 Å². The normalized spacial score (nSPS) is 32.1. The number of Topliss-reactive ketones (excluding diaryl/α,β-unsaturated/α-hetero) is 1. The molecule has 13 heteroatoms. The molecule has 7 unspecified atom stereocenters. The number of aliphatic hydroxyl groups is 2. The van der Waals surface area contributed by atoms with Crippen LogP contribution in [0.3, 0.4) is 0 Å². The molecule has 7 atom stereocenters. The van der Waals surface area contributed by atoms with Crippen LogP contribution in [-0.4, -0.2) is 111 Å². The monoisotopic (exact) mass is 675 g/mol. The van der Waals surface area contributed by atoms with Gasteiger partial charge < -0.3 is 39.4 Å². The van der Waals surface area contributed by atoms with E-state index in [1.54, 1.807) is 19.1 Å². The average molecular weight is 677 g/mol. The number of fused-ring (bicyclic) bond motifs is 3. The quantitative estimate of drug-likeness (QED) is 0.221. The number of nitrogens with zero attached hydrogens (tertiary/aromatic N) is 1. The number of ether oxygens (including phenoxy) is 4. The lowest BCUT2D eigenvalue weighted by molar-refractivity contribution is -0.266. The average Bonchev–Trinajstić information content (AvgIpc) is 3.02. The van der Waals surface area contributed by atoms with E-state index in [9.17, 15) is 34.8 Å². The number of rotatable bonds is 6. The minimum absolute atomic E-state index is 0.00132. The smallest absolute Gasteiger partial charge is 0.198 e. The van der Waals surface area contributed by atoms with E-state index >= 15 is 0 Å². The number of phenolic OH excluding ortho intramolecular Hbond substituents is 2. The van der Waals surface area contributed by atoms with Gasteiger partial charge in [-0.05, 0) is 6.92 Å². The number of hydrogen-bond acceptors (Lipinski definition) is 12. The van der Waals surface area contributed by atoms with Gasteiger partial charge in [-0.2, -0.15) is 0 Å². The first kappa shape index (κ1) is 31.2. The second kappa shape index (κ2) is 11.9. The Hall–Kier alpha value is -2.75. The van der Waals surface area contributed by atoms with Crippen molar-refractivity contribution in [2.45, 2.75) is 68.7 Å². The fourth-order valence-electron chi connectivity index (χ4n) is 6.88. The largest absolute Gasteiger partial charge is 0.507 e. The van der Waals surface area contributed by atoms with Gasteiger partial charge >= 0.3 is 0 Å². The second-order valence-electron chi connectivity index (χ2n) is 11.7. The molecule has 4 N–H and O–H groups in total. The number of hydrogen-bond donors (Lipinski definition) is 4. The van der Waals surface area contributed by atoms with Crippen molar-refractivity contribution in [2.75, 3.05) is 32.1 Å². The molecule has 236 valence electrons. The van der Waals surface area contributed by atoms with E-state index in [0.29, 0.717) is 19.7 Å². The van der Waals surface area contributed by atoms with Gasteiger partial charge in [-0.3, -0.25) is 19.3 Å². The summed E-state index contributed by atoms with van der Waals surface area (Å²) in [6, 6.07) is 5.69. The Labute approximate surface area is 261 Å². The summed E-state index contributed by atoms with van der Waals surface area (Å²) in [4.78, 5) is 42.1. The Morgan fingerprint density at radius 3 is 2.41 bits per heavy atom. The molecule has 0 amide bonds. The van der Waals surface area contributed by atoms with E-state index < -0.39 is 77.8 Å². The van der Waals surface area contributed by atoms with Crippen LogP contribution in [0.1, 0.15) is 68.8 Å². The molecule has 2 saturated heterocycles. The molecule has 4 aliphatic rings. The third-order valence-corrected chi connectivity index (χ3v) is 9.71. The molecule has 12 nitrogen and oxygen atoms in total. The van der Waals surface area contributed by atoms with Crippen LogP contribution in [0.5, 0.6) is 11.5 Å². The highest BCUT2D eigenvalue weighted by atomic mass is 79.9. The zero-order valence-electron chi connectivity index (χ0n) is 24.2. The minimum Gasteiger partial charge on any atom is -0.507 e. The van der Waals surface area contributed by atoms with Crippen LogP contribution in [0, 0.1) is 0 Å². The van der Waals surface area contributed by atoms with Crippen molar-refractivity contribution >= 4 is 33.3 Å². The van der Waals surface area contributed by atoms with Crippen LogP contribution >= 0.6 is 15.9 Å². The van der Waals surface area contributed by atoms with Crippen molar-refractivity contribution in [3.63, 3.8) is 0 Å². The maximum absolute atomic E-state index is 13.6. The van der Waals surface area contributed by atoms with E-state index in [0.717, 1.165) is 0 Å². The number of aliphatic hydroxyl groups excluding tert-OH is 1. The Bertz CT molecular complexity index is 1510. The predicted molar refractivity (Wildman–Crippen MR) is 156 cm³/mol. The molecule has 0 bridgehead atoms. The van der Waals surface area contributed by atoms with Gasteiger partial charge in [0.25, 0.3) is 0 Å². The Balaban J connectivity index is 1.41. The summed E-state index contributed by atoms with van der Waals surface area (Å²) in [6.07, 6.45) is -4.78. The SMILES string of the molecule is COC1CN(C2CC(OC3CC(O)(C(=O)CBr)Cc4c(O)c5c(c(O)c43)C(=O)c3ccccc3C5=O)OC(C)C2O)CCO1. The lowest BCUT2D eigenvalue weighted by Gasteiger charge is -2.47. The topological polar surface area (TPSA) is 172 Å². The van der Waals surface area contributed by atoms with Crippen molar-refractivity contribution in [3.8, 4) is 11.5 Å². The molecule has 44 heavy (non-hydrogen) atoms. The minimum atomic E-state index is -2.03. The van der Waals surface area contributed by atoms with Crippen molar-refractivity contribution in [2.24, 2.45) is 0 Å². The molecule has 0 aromatic heterocycles. The van der Waals surface area contributed by atoms with Crippen molar-refractivity contribution in [3.05, 3.63) is 57.6 Å². The molecule has 2 aromatic rings. The van der Waals surface area contributed by atoms with Crippen LogP contribution < -0.4 is 0 Å². The molecular formula is C31H34BrNO11. The molecule has 2 fully saturated rings. The molecule has 2 aliphatic heterocycles. The predicted octanol–water partition coefficient (Wildman–Crippen LogP) is 1.74. The summed E-state index contributed by atoms with van der Waals surface area (Å²) in [5.74, 6) is -3.06. The van der Waals surface area contributed by atoms with E-state index in [2.05, 4.69) is 15.9 Å². The highest BCUT2D eigenvalue weighted by molar-refractivity contribution is 9.09. The zero-order chi connectivity index (χ0) is 31.5. The number of halogens is 1. The molecule has 0 saturated carbocycles. The molecule has 6 rings (SSSR count). The number of alkyl halides is 1. The summed E-state index contributed by atoms with van der Waals surface area (Å²) in [5, 5.41) is 45.5. The second-order valence-corrected chi connectivity index (χ2v) is 12.3. The standard InChI is InChI=1S/C31H34BrNO11/c1-14-26(35)18(33-7-8-42-22(13-33)41-2)9-21(43-14)44-19-11-31(40,20(34)12-32)10-17-23(19)30(39)25-24(29(17)38)27(36)15-5-3-4-6-16(15)28(25)37/h3-6,14,18-19,21-22,26,35,38-40H,7-13H2,1-2H3.